The first kappa shape index (κ1) is 19.4. The zero-order valence-electron chi connectivity index (χ0n) is 17.0. The number of benzene rings is 2. The lowest BCUT2D eigenvalue weighted by molar-refractivity contribution is -0.117. The molecule has 29 heavy (non-hydrogen) atoms. The zero-order chi connectivity index (χ0) is 20.1. The van der Waals surface area contributed by atoms with Crippen molar-refractivity contribution < 1.29 is 4.79 Å². The van der Waals surface area contributed by atoms with Crippen LogP contribution in [0.25, 0.3) is 11.4 Å². The Kier molecular flexibility index (Phi) is 6.03. The SMILES string of the molecule is CCC[C@H](C(=O)Nc1ccc(-c2nnc3n2CCCCC3)cc1)c1ccccc1. The van der Waals surface area contributed by atoms with Gasteiger partial charge in [-0.15, -0.1) is 10.2 Å². The molecule has 1 aliphatic heterocycles. The van der Waals surface area contributed by atoms with Gasteiger partial charge in [0.1, 0.15) is 5.82 Å². The first-order valence-electron chi connectivity index (χ1n) is 10.6. The molecule has 2 aromatic carbocycles. The normalized spacial score (nSPS) is 14.7. The van der Waals surface area contributed by atoms with Crippen molar-refractivity contribution in [3.05, 3.63) is 66.0 Å². The van der Waals surface area contributed by atoms with Crippen LogP contribution in [0.1, 0.15) is 56.3 Å². The summed E-state index contributed by atoms with van der Waals surface area (Å²) in [6.45, 7) is 3.09. The van der Waals surface area contributed by atoms with Crippen LogP contribution in [0.4, 0.5) is 5.69 Å². The highest BCUT2D eigenvalue weighted by Crippen LogP contribution is 2.26. The summed E-state index contributed by atoms with van der Waals surface area (Å²) in [5.41, 5.74) is 2.91. The third-order valence-corrected chi connectivity index (χ3v) is 5.62. The van der Waals surface area contributed by atoms with Gasteiger partial charge in [0.2, 0.25) is 5.91 Å². The average Bonchev–Trinajstić information content (AvgIpc) is 3.01. The molecule has 0 radical (unpaired) electrons. The Balaban J connectivity index is 1.49. The minimum absolute atomic E-state index is 0.0437. The summed E-state index contributed by atoms with van der Waals surface area (Å²) >= 11 is 0. The van der Waals surface area contributed by atoms with E-state index in [2.05, 4.69) is 27.0 Å². The van der Waals surface area contributed by atoms with Crippen molar-refractivity contribution in [2.75, 3.05) is 5.32 Å². The van der Waals surface area contributed by atoms with Gasteiger partial charge in [0.05, 0.1) is 5.92 Å². The van der Waals surface area contributed by atoms with Gasteiger partial charge in [-0.05, 0) is 49.1 Å². The number of nitrogens with zero attached hydrogens (tertiary/aromatic N) is 3. The summed E-state index contributed by atoms with van der Waals surface area (Å²) in [5.74, 6) is 1.92. The number of nitrogens with one attached hydrogen (secondary N) is 1. The molecule has 3 aromatic rings. The van der Waals surface area contributed by atoms with Gasteiger partial charge in [-0.2, -0.15) is 0 Å². The van der Waals surface area contributed by atoms with Crippen LogP contribution in [0, 0.1) is 0 Å². The van der Waals surface area contributed by atoms with Crippen molar-refractivity contribution >= 4 is 11.6 Å². The van der Waals surface area contributed by atoms with Crippen molar-refractivity contribution in [2.45, 2.75) is 57.9 Å². The van der Waals surface area contributed by atoms with Crippen LogP contribution in [0.5, 0.6) is 0 Å². The summed E-state index contributed by atoms with van der Waals surface area (Å²) in [6.07, 6.45) is 6.39. The Morgan fingerprint density at radius 1 is 1.03 bits per heavy atom. The highest BCUT2D eigenvalue weighted by atomic mass is 16.1. The van der Waals surface area contributed by atoms with Crippen molar-refractivity contribution in [2.24, 2.45) is 0 Å². The molecule has 5 heteroatoms. The number of anilines is 1. The van der Waals surface area contributed by atoms with E-state index in [1.54, 1.807) is 0 Å². The average molecular weight is 389 g/mol. The smallest absolute Gasteiger partial charge is 0.231 e. The Bertz CT molecular complexity index is 947. The molecule has 150 valence electrons. The lowest BCUT2D eigenvalue weighted by atomic mass is 9.93. The molecule has 5 nitrogen and oxygen atoms in total. The number of hydrogen-bond acceptors (Lipinski definition) is 3. The Labute approximate surface area is 172 Å². The molecule has 1 atom stereocenters. The summed E-state index contributed by atoms with van der Waals surface area (Å²) in [7, 11) is 0. The first-order chi connectivity index (χ1) is 14.3. The number of aryl methyl sites for hydroxylation is 1. The minimum atomic E-state index is -0.131. The Morgan fingerprint density at radius 2 is 1.83 bits per heavy atom. The number of carbonyl (C=O) groups excluding carboxylic acids is 1. The molecule has 1 aromatic heterocycles. The van der Waals surface area contributed by atoms with E-state index in [0.29, 0.717) is 0 Å². The number of amides is 1. The maximum absolute atomic E-state index is 12.9. The van der Waals surface area contributed by atoms with Gasteiger partial charge in [-0.3, -0.25) is 4.79 Å². The molecule has 0 saturated carbocycles. The van der Waals surface area contributed by atoms with Gasteiger partial charge in [0, 0.05) is 24.2 Å². The molecule has 4 rings (SSSR count). The van der Waals surface area contributed by atoms with E-state index < -0.39 is 0 Å². The topological polar surface area (TPSA) is 59.8 Å². The highest BCUT2D eigenvalue weighted by Gasteiger charge is 2.20. The largest absolute Gasteiger partial charge is 0.326 e. The molecule has 1 N–H and O–H groups in total. The zero-order valence-corrected chi connectivity index (χ0v) is 17.0. The molecular formula is C24H28N4O. The molecule has 0 fully saturated rings. The highest BCUT2D eigenvalue weighted by molar-refractivity contribution is 5.96. The van der Waals surface area contributed by atoms with Crippen molar-refractivity contribution in [3.63, 3.8) is 0 Å². The van der Waals surface area contributed by atoms with Gasteiger partial charge in [-0.25, -0.2) is 0 Å². The molecular weight excluding hydrogens is 360 g/mol. The summed E-state index contributed by atoms with van der Waals surface area (Å²) in [4.78, 5) is 12.9. The number of carbonyl (C=O) groups is 1. The third kappa shape index (κ3) is 4.39. The van der Waals surface area contributed by atoms with E-state index in [1.807, 2.05) is 54.6 Å². The van der Waals surface area contributed by atoms with Crippen LogP contribution in [-0.4, -0.2) is 20.7 Å². The van der Waals surface area contributed by atoms with Crippen LogP contribution >= 0.6 is 0 Å². The molecule has 0 aliphatic carbocycles. The number of rotatable bonds is 6. The molecule has 0 saturated heterocycles. The second-order valence-electron chi connectivity index (χ2n) is 7.72. The monoisotopic (exact) mass is 388 g/mol. The lowest BCUT2D eigenvalue weighted by Gasteiger charge is -2.17. The molecule has 1 amide bonds. The van der Waals surface area contributed by atoms with Crippen LogP contribution in [0.3, 0.4) is 0 Å². The summed E-state index contributed by atoms with van der Waals surface area (Å²) in [5, 5.41) is 11.9. The first-order valence-corrected chi connectivity index (χ1v) is 10.6. The number of fused-ring (bicyclic) bond motifs is 1. The van der Waals surface area contributed by atoms with Gasteiger partial charge < -0.3 is 9.88 Å². The van der Waals surface area contributed by atoms with Crippen molar-refractivity contribution in [1.29, 1.82) is 0 Å². The fourth-order valence-electron chi connectivity index (χ4n) is 4.05. The standard InChI is InChI=1S/C24H28N4O/c1-2-9-21(18-10-5-3-6-11-18)24(29)25-20-15-13-19(14-16-20)23-27-26-22-12-7-4-8-17-28(22)23/h3,5-6,10-11,13-16,21H,2,4,7-9,12,17H2,1H3,(H,25,29)/t21-/m0/s1. The number of hydrogen-bond donors (Lipinski definition) is 1. The van der Waals surface area contributed by atoms with E-state index in [4.69, 9.17) is 0 Å². The second-order valence-corrected chi connectivity index (χ2v) is 7.72. The maximum atomic E-state index is 12.9. The molecule has 0 unspecified atom stereocenters. The predicted octanol–water partition coefficient (Wildman–Crippen LogP) is 5.19. The van der Waals surface area contributed by atoms with E-state index in [0.717, 1.165) is 54.3 Å². The van der Waals surface area contributed by atoms with Crippen molar-refractivity contribution in [1.82, 2.24) is 14.8 Å². The van der Waals surface area contributed by atoms with Gasteiger partial charge in [-0.1, -0.05) is 50.1 Å². The molecule has 2 heterocycles. The Hall–Kier alpha value is -2.95. The van der Waals surface area contributed by atoms with Crippen LogP contribution in [0.2, 0.25) is 0 Å². The third-order valence-electron chi connectivity index (χ3n) is 5.62. The van der Waals surface area contributed by atoms with Gasteiger partial charge >= 0.3 is 0 Å². The fourth-order valence-corrected chi connectivity index (χ4v) is 4.05. The van der Waals surface area contributed by atoms with E-state index in [1.165, 1.54) is 19.3 Å². The fraction of sp³-hybridized carbons (Fsp3) is 0.375. The van der Waals surface area contributed by atoms with Crippen LogP contribution < -0.4 is 5.32 Å². The van der Waals surface area contributed by atoms with Crippen LogP contribution in [-0.2, 0) is 17.8 Å². The second kappa shape index (κ2) is 9.03. The van der Waals surface area contributed by atoms with Gasteiger partial charge in [0.25, 0.3) is 0 Å². The quantitative estimate of drug-likeness (QED) is 0.632. The van der Waals surface area contributed by atoms with E-state index in [9.17, 15) is 4.79 Å². The lowest BCUT2D eigenvalue weighted by Crippen LogP contribution is -2.21. The Morgan fingerprint density at radius 3 is 2.59 bits per heavy atom. The molecule has 0 bridgehead atoms. The molecule has 1 aliphatic rings. The van der Waals surface area contributed by atoms with Crippen molar-refractivity contribution in [3.8, 4) is 11.4 Å². The minimum Gasteiger partial charge on any atom is -0.326 e. The summed E-state index contributed by atoms with van der Waals surface area (Å²) < 4.78 is 2.24. The van der Waals surface area contributed by atoms with E-state index >= 15 is 0 Å². The van der Waals surface area contributed by atoms with Crippen LogP contribution in [0.15, 0.2) is 54.6 Å². The predicted molar refractivity (Wildman–Crippen MR) is 116 cm³/mol. The molecule has 0 spiro atoms. The maximum Gasteiger partial charge on any atom is 0.231 e. The van der Waals surface area contributed by atoms with Gasteiger partial charge in [0.15, 0.2) is 5.82 Å². The number of aromatic nitrogens is 3. The van der Waals surface area contributed by atoms with E-state index in [-0.39, 0.29) is 11.8 Å². The summed E-state index contributed by atoms with van der Waals surface area (Å²) in [6, 6.07) is 18.0.